The van der Waals surface area contributed by atoms with Gasteiger partial charge in [0.1, 0.15) is 0 Å². The van der Waals surface area contributed by atoms with E-state index in [4.69, 9.17) is 15.0 Å². The van der Waals surface area contributed by atoms with Crippen LogP contribution in [-0.2, 0) is 10.8 Å². The van der Waals surface area contributed by atoms with Crippen LogP contribution in [0, 0.1) is 0 Å². The summed E-state index contributed by atoms with van der Waals surface area (Å²) < 4.78 is 0. The van der Waals surface area contributed by atoms with Gasteiger partial charge in [-0.15, -0.1) is 0 Å². The quantitative estimate of drug-likeness (QED) is 0.168. The van der Waals surface area contributed by atoms with E-state index in [0.29, 0.717) is 17.5 Å². The van der Waals surface area contributed by atoms with Gasteiger partial charge in [0.2, 0.25) is 0 Å². The summed E-state index contributed by atoms with van der Waals surface area (Å²) in [5.74, 6) is 1.96. The van der Waals surface area contributed by atoms with Crippen molar-refractivity contribution < 1.29 is 0 Å². The Kier molecular flexibility index (Phi) is 7.49. The molecule has 1 spiro atoms. The van der Waals surface area contributed by atoms with Gasteiger partial charge in [0, 0.05) is 22.1 Å². The molecule has 0 bridgehead atoms. The Labute approximate surface area is 349 Å². The van der Waals surface area contributed by atoms with Gasteiger partial charge in [-0.3, -0.25) is 0 Å². The first kappa shape index (κ1) is 34.5. The zero-order chi connectivity index (χ0) is 40.0. The summed E-state index contributed by atoms with van der Waals surface area (Å²) in [5, 5.41) is 5.02. The number of fused-ring (bicyclic) bond motifs is 12. The van der Waals surface area contributed by atoms with Crippen molar-refractivity contribution in [3.05, 3.63) is 234 Å². The Morgan fingerprint density at radius 1 is 0.317 bits per heavy atom. The third-order valence-electron chi connectivity index (χ3n) is 13.2. The van der Waals surface area contributed by atoms with E-state index in [9.17, 15) is 0 Å². The van der Waals surface area contributed by atoms with Crippen LogP contribution in [0.25, 0.3) is 78.0 Å². The molecule has 1 aromatic heterocycles. The molecule has 0 saturated carbocycles. The summed E-state index contributed by atoms with van der Waals surface area (Å²) in [6, 6.07) is 72.7. The molecular weight excluding hydrogens is 727 g/mol. The van der Waals surface area contributed by atoms with Crippen molar-refractivity contribution >= 4 is 21.5 Å². The summed E-state index contributed by atoms with van der Waals surface area (Å²) in [6.45, 7) is 4.75. The fourth-order valence-electron chi connectivity index (χ4n) is 10.4. The molecule has 0 aliphatic heterocycles. The van der Waals surface area contributed by atoms with Crippen LogP contribution in [0.5, 0.6) is 0 Å². The van der Waals surface area contributed by atoms with Crippen LogP contribution in [-0.4, -0.2) is 15.0 Å². The van der Waals surface area contributed by atoms with Crippen molar-refractivity contribution in [2.45, 2.75) is 24.7 Å². The molecule has 9 aromatic carbocycles. The van der Waals surface area contributed by atoms with E-state index in [1.54, 1.807) is 0 Å². The molecule has 1 heterocycles. The minimum absolute atomic E-state index is 0.197. The van der Waals surface area contributed by atoms with Crippen molar-refractivity contribution in [2.24, 2.45) is 0 Å². The molecule has 2 aliphatic rings. The molecule has 0 radical (unpaired) electrons. The normalized spacial score (nSPS) is 14.1. The van der Waals surface area contributed by atoms with Crippen LogP contribution >= 0.6 is 0 Å². The van der Waals surface area contributed by atoms with Crippen LogP contribution in [0.15, 0.2) is 200 Å². The molecule has 0 N–H and O–H groups in total. The fraction of sp³-hybridized carbons (Fsp3) is 0.0702. The summed E-state index contributed by atoms with van der Waals surface area (Å²) in [4.78, 5) is 15.7. The molecular formula is C57H39N3. The number of hydrogen-bond donors (Lipinski definition) is 0. The maximum Gasteiger partial charge on any atom is 0.164 e. The van der Waals surface area contributed by atoms with Crippen LogP contribution in [0.1, 0.15) is 47.2 Å². The molecule has 10 aromatic rings. The molecule has 3 nitrogen and oxygen atoms in total. The van der Waals surface area contributed by atoms with Gasteiger partial charge < -0.3 is 0 Å². The van der Waals surface area contributed by atoms with Gasteiger partial charge in [0.15, 0.2) is 17.5 Å². The van der Waals surface area contributed by atoms with Gasteiger partial charge in [0.25, 0.3) is 0 Å². The van der Waals surface area contributed by atoms with Gasteiger partial charge >= 0.3 is 0 Å². The zero-order valence-corrected chi connectivity index (χ0v) is 33.4. The number of hydrogen-bond acceptors (Lipinski definition) is 3. The minimum Gasteiger partial charge on any atom is -0.208 e. The van der Waals surface area contributed by atoms with Crippen molar-refractivity contribution in [3.8, 4) is 56.4 Å². The summed E-state index contributed by atoms with van der Waals surface area (Å²) in [7, 11) is 0. The largest absolute Gasteiger partial charge is 0.208 e. The fourth-order valence-corrected chi connectivity index (χ4v) is 10.4. The standard InChI is InChI=1S/C57H39N3/c1-56(2)47-23-11-13-25-49(47)57(50-26-14-12-24-48(50)56)46-33-31-40(39-30-32-43-41(34-39)29-28-36-16-9-10-21-42(36)43)35-45(46)52-44(22-15-27-51(52)57)55-59-53(37-17-5-3-6-18-37)58-54(60-55)38-19-7-4-8-20-38/h3-35H,1-2H3. The van der Waals surface area contributed by atoms with Crippen molar-refractivity contribution in [2.75, 3.05) is 0 Å². The molecule has 0 saturated heterocycles. The van der Waals surface area contributed by atoms with Gasteiger partial charge in [-0.05, 0) is 89.3 Å². The predicted molar refractivity (Wildman–Crippen MR) is 246 cm³/mol. The molecule has 12 rings (SSSR count). The second-order valence-electron chi connectivity index (χ2n) is 16.7. The number of nitrogens with zero attached hydrogens (tertiary/aromatic N) is 3. The van der Waals surface area contributed by atoms with Gasteiger partial charge in [0.05, 0.1) is 5.41 Å². The van der Waals surface area contributed by atoms with E-state index >= 15 is 0 Å². The van der Waals surface area contributed by atoms with E-state index < -0.39 is 5.41 Å². The first-order valence-corrected chi connectivity index (χ1v) is 20.8. The molecule has 2 aliphatic carbocycles. The van der Waals surface area contributed by atoms with E-state index in [2.05, 4.69) is 178 Å². The molecule has 60 heavy (non-hydrogen) atoms. The van der Waals surface area contributed by atoms with Gasteiger partial charge in [-0.25, -0.2) is 15.0 Å². The average Bonchev–Trinajstić information content (AvgIpc) is 3.61. The summed E-state index contributed by atoms with van der Waals surface area (Å²) >= 11 is 0. The van der Waals surface area contributed by atoms with E-state index in [0.717, 1.165) is 22.3 Å². The lowest BCUT2D eigenvalue weighted by Crippen LogP contribution is -2.40. The Balaban J connectivity index is 1.16. The zero-order valence-electron chi connectivity index (χ0n) is 33.4. The first-order chi connectivity index (χ1) is 29.5. The molecule has 282 valence electrons. The van der Waals surface area contributed by atoms with Crippen molar-refractivity contribution in [1.82, 2.24) is 15.0 Å². The third kappa shape index (κ3) is 4.93. The van der Waals surface area contributed by atoms with Crippen LogP contribution in [0.2, 0.25) is 0 Å². The van der Waals surface area contributed by atoms with Crippen LogP contribution in [0.3, 0.4) is 0 Å². The second-order valence-corrected chi connectivity index (χ2v) is 16.7. The maximum atomic E-state index is 5.31. The van der Waals surface area contributed by atoms with E-state index in [1.165, 1.54) is 71.6 Å². The highest BCUT2D eigenvalue weighted by molar-refractivity contribution is 6.08. The first-order valence-electron chi connectivity index (χ1n) is 20.8. The molecule has 0 fully saturated rings. The van der Waals surface area contributed by atoms with Crippen molar-refractivity contribution in [3.63, 3.8) is 0 Å². The Morgan fingerprint density at radius 3 is 1.52 bits per heavy atom. The average molecular weight is 766 g/mol. The lowest BCUT2D eigenvalue weighted by atomic mass is 9.55. The maximum absolute atomic E-state index is 5.31. The van der Waals surface area contributed by atoms with Crippen molar-refractivity contribution in [1.29, 1.82) is 0 Å². The van der Waals surface area contributed by atoms with E-state index in [-0.39, 0.29) is 5.41 Å². The molecule has 0 unspecified atom stereocenters. The molecule has 3 heteroatoms. The minimum atomic E-state index is -0.568. The van der Waals surface area contributed by atoms with Gasteiger partial charge in [-0.2, -0.15) is 0 Å². The lowest BCUT2D eigenvalue weighted by molar-refractivity contribution is 0.563. The lowest BCUT2D eigenvalue weighted by Gasteiger charge is -2.46. The third-order valence-corrected chi connectivity index (χ3v) is 13.2. The number of aromatic nitrogens is 3. The van der Waals surface area contributed by atoms with Gasteiger partial charge in [-0.1, -0.05) is 202 Å². The Hall–Kier alpha value is -7.49. The smallest absolute Gasteiger partial charge is 0.164 e. The Morgan fingerprint density at radius 2 is 0.833 bits per heavy atom. The number of benzene rings is 9. The molecule has 0 atom stereocenters. The topological polar surface area (TPSA) is 38.7 Å². The summed E-state index contributed by atoms with van der Waals surface area (Å²) in [5.41, 5.74) is 14.7. The molecule has 0 amide bonds. The van der Waals surface area contributed by atoms with E-state index in [1.807, 2.05) is 36.4 Å². The second kappa shape index (κ2) is 13.0. The number of rotatable bonds is 4. The van der Waals surface area contributed by atoms with Crippen LogP contribution < -0.4 is 0 Å². The predicted octanol–water partition coefficient (Wildman–Crippen LogP) is 13.8. The highest BCUT2D eigenvalue weighted by atomic mass is 15.0. The highest BCUT2D eigenvalue weighted by Gasteiger charge is 2.53. The highest BCUT2D eigenvalue weighted by Crippen LogP contribution is 2.63. The van der Waals surface area contributed by atoms with Crippen LogP contribution in [0.4, 0.5) is 0 Å². The summed E-state index contributed by atoms with van der Waals surface area (Å²) in [6.07, 6.45) is 0. The SMILES string of the molecule is CC1(C)c2ccccc2C2(c3ccc(-c4ccc5c(ccc6ccccc65)c4)cc3-c3c(-c4nc(-c5ccccc5)nc(-c5ccccc5)n4)cccc32)c2ccccc21. The Bertz CT molecular complexity index is 3240. The monoisotopic (exact) mass is 765 g/mol.